The van der Waals surface area contributed by atoms with Gasteiger partial charge in [0.05, 0.1) is 0 Å². The smallest absolute Gasteiger partial charge is 0.0202 e. The maximum Gasteiger partial charge on any atom is 0.0202 e. The van der Waals surface area contributed by atoms with Crippen LogP contribution in [0.3, 0.4) is 0 Å². The summed E-state index contributed by atoms with van der Waals surface area (Å²) in [5.74, 6) is 1.91. The summed E-state index contributed by atoms with van der Waals surface area (Å²) >= 11 is 2.00. The number of benzene rings is 2. The molecule has 0 aromatic heterocycles. The van der Waals surface area contributed by atoms with Crippen molar-refractivity contribution in [2.45, 2.75) is 36.6 Å². The van der Waals surface area contributed by atoms with E-state index in [0.29, 0.717) is 5.92 Å². The van der Waals surface area contributed by atoms with E-state index in [0.717, 1.165) is 6.54 Å². The first kappa shape index (κ1) is 14.7. The molecule has 0 heterocycles. The van der Waals surface area contributed by atoms with E-state index in [1.54, 1.807) is 11.1 Å². The summed E-state index contributed by atoms with van der Waals surface area (Å²) in [6, 6.07) is 17.9. The molecule has 1 aliphatic rings. The van der Waals surface area contributed by atoms with Crippen molar-refractivity contribution in [2.75, 3.05) is 12.8 Å². The van der Waals surface area contributed by atoms with E-state index in [1.807, 2.05) is 18.8 Å². The molecule has 1 nitrogen and oxygen atoms in total. The molecule has 0 saturated heterocycles. The van der Waals surface area contributed by atoms with Crippen LogP contribution in [0.1, 0.15) is 35.4 Å². The van der Waals surface area contributed by atoms with Gasteiger partial charge in [0, 0.05) is 17.2 Å². The molecule has 0 spiro atoms. The molecule has 1 aliphatic carbocycles. The van der Waals surface area contributed by atoms with Gasteiger partial charge < -0.3 is 5.32 Å². The van der Waals surface area contributed by atoms with Crippen LogP contribution in [0.25, 0.3) is 0 Å². The van der Waals surface area contributed by atoms with Crippen LogP contribution in [0.2, 0.25) is 0 Å². The number of rotatable bonds is 5. The fourth-order valence-corrected chi connectivity index (χ4v) is 4.32. The maximum atomic E-state index is 3.22. The molecule has 0 fully saturated rings. The average Bonchev–Trinajstić information content (AvgIpc) is 2.53. The van der Waals surface area contributed by atoms with E-state index in [-0.39, 0.29) is 0 Å². The van der Waals surface area contributed by atoms with Crippen molar-refractivity contribution in [2.24, 2.45) is 0 Å². The highest BCUT2D eigenvalue weighted by Gasteiger charge is 2.19. The summed E-state index contributed by atoms with van der Waals surface area (Å²) in [4.78, 5) is 1.39. The Bertz CT molecular complexity index is 594. The van der Waals surface area contributed by atoms with E-state index in [9.17, 15) is 0 Å². The first-order chi connectivity index (χ1) is 10.4. The molecule has 2 heteroatoms. The fraction of sp³-hybridized carbons (Fsp3) is 0.368. The van der Waals surface area contributed by atoms with Crippen molar-refractivity contribution in [3.8, 4) is 0 Å². The second kappa shape index (κ2) is 7.15. The summed E-state index contributed by atoms with van der Waals surface area (Å²) in [6.07, 6.45) is 3.93. The zero-order valence-corrected chi connectivity index (χ0v) is 13.5. The molecular formula is C19H23NS. The van der Waals surface area contributed by atoms with Gasteiger partial charge >= 0.3 is 0 Å². The molecule has 2 aromatic rings. The summed E-state index contributed by atoms with van der Waals surface area (Å²) in [6.45, 7) is 0.945. The van der Waals surface area contributed by atoms with Gasteiger partial charge in [0.1, 0.15) is 0 Å². The zero-order chi connectivity index (χ0) is 14.5. The Morgan fingerprint density at radius 2 is 2.05 bits per heavy atom. The van der Waals surface area contributed by atoms with Gasteiger partial charge in [-0.1, -0.05) is 36.4 Å². The van der Waals surface area contributed by atoms with Gasteiger partial charge in [-0.2, -0.15) is 0 Å². The van der Waals surface area contributed by atoms with Gasteiger partial charge in [0.2, 0.25) is 0 Å². The molecule has 0 saturated carbocycles. The van der Waals surface area contributed by atoms with Gasteiger partial charge in [-0.15, -0.1) is 11.8 Å². The minimum atomic E-state index is 0.716. The van der Waals surface area contributed by atoms with Crippen LogP contribution in [0.15, 0.2) is 53.4 Å². The highest BCUT2D eigenvalue weighted by atomic mass is 32.2. The minimum absolute atomic E-state index is 0.716. The monoisotopic (exact) mass is 297 g/mol. The predicted molar refractivity (Wildman–Crippen MR) is 92.1 cm³/mol. The standard InChI is InChI=1S/C19H23NS/c1-20-13-15-6-4-10-18(12-15)21-14-17-9-5-8-16-7-2-3-11-19(16)17/h2-4,6-7,10-12,17,20H,5,8-9,13-14H2,1H3. The maximum absolute atomic E-state index is 3.22. The first-order valence-electron chi connectivity index (χ1n) is 7.81. The van der Waals surface area contributed by atoms with E-state index < -0.39 is 0 Å². The molecule has 1 atom stereocenters. The lowest BCUT2D eigenvalue weighted by Crippen LogP contribution is -2.11. The molecule has 2 aromatic carbocycles. The quantitative estimate of drug-likeness (QED) is 0.808. The normalized spacial score (nSPS) is 17.5. The molecule has 0 amide bonds. The Morgan fingerprint density at radius 1 is 1.14 bits per heavy atom. The van der Waals surface area contributed by atoms with Crippen LogP contribution < -0.4 is 5.32 Å². The van der Waals surface area contributed by atoms with E-state index in [1.165, 1.54) is 35.5 Å². The van der Waals surface area contributed by atoms with Crippen LogP contribution in [0, 0.1) is 0 Å². The Balaban J connectivity index is 1.67. The number of nitrogens with one attached hydrogen (secondary N) is 1. The lowest BCUT2D eigenvalue weighted by atomic mass is 9.84. The Hall–Kier alpha value is -1.25. The van der Waals surface area contributed by atoms with Gasteiger partial charge in [-0.05, 0) is 61.1 Å². The number of fused-ring (bicyclic) bond motifs is 1. The largest absolute Gasteiger partial charge is 0.316 e. The van der Waals surface area contributed by atoms with Gasteiger partial charge in [-0.3, -0.25) is 0 Å². The van der Waals surface area contributed by atoms with Crippen LogP contribution in [0.4, 0.5) is 0 Å². The summed E-state index contributed by atoms with van der Waals surface area (Å²) in [5, 5.41) is 3.22. The Kier molecular flexibility index (Phi) is 5.00. The Labute approximate surface area is 132 Å². The van der Waals surface area contributed by atoms with E-state index >= 15 is 0 Å². The SMILES string of the molecule is CNCc1cccc(SCC2CCCc3ccccc32)c1. The fourth-order valence-electron chi connectivity index (χ4n) is 3.17. The third kappa shape index (κ3) is 3.69. The number of thioether (sulfide) groups is 1. The van der Waals surface area contributed by atoms with Gasteiger partial charge in [0.25, 0.3) is 0 Å². The predicted octanol–water partition coefficient (Wildman–Crippen LogP) is 4.62. The van der Waals surface area contributed by atoms with Crippen molar-refractivity contribution in [3.63, 3.8) is 0 Å². The number of hydrogen-bond donors (Lipinski definition) is 1. The lowest BCUT2D eigenvalue weighted by molar-refractivity contribution is 0.596. The van der Waals surface area contributed by atoms with Crippen molar-refractivity contribution < 1.29 is 0 Å². The highest BCUT2D eigenvalue weighted by Crippen LogP contribution is 2.35. The number of aryl methyl sites for hydroxylation is 1. The van der Waals surface area contributed by atoms with Crippen LogP contribution >= 0.6 is 11.8 Å². The second-order valence-electron chi connectivity index (χ2n) is 5.78. The lowest BCUT2D eigenvalue weighted by Gasteiger charge is -2.25. The molecule has 0 bridgehead atoms. The molecule has 0 aliphatic heterocycles. The topological polar surface area (TPSA) is 12.0 Å². The molecule has 1 N–H and O–H groups in total. The molecule has 3 rings (SSSR count). The Morgan fingerprint density at radius 3 is 2.95 bits per heavy atom. The zero-order valence-electron chi connectivity index (χ0n) is 12.6. The second-order valence-corrected chi connectivity index (χ2v) is 6.87. The molecule has 21 heavy (non-hydrogen) atoms. The number of hydrogen-bond acceptors (Lipinski definition) is 2. The molecular weight excluding hydrogens is 274 g/mol. The van der Waals surface area contributed by atoms with E-state index in [4.69, 9.17) is 0 Å². The van der Waals surface area contributed by atoms with Crippen molar-refractivity contribution in [1.29, 1.82) is 0 Å². The first-order valence-corrected chi connectivity index (χ1v) is 8.79. The summed E-state index contributed by atoms with van der Waals surface area (Å²) in [7, 11) is 2.00. The van der Waals surface area contributed by atoms with Crippen molar-refractivity contribution in [1.82, 2.24) is 5.32 Å². The van der Waals surface area contributed by atoms with E-state index in [2.05, 4.69) is 53.8 Å². The summed E-state index contributed by atoms with van der Waals surface area (Å²) < 4.78 is 0. The van der Waals surface area contributed by atoms with Crippen LogP contribution in [0.5, 0.6) is 0 Å². The third-order valence-electron chi connectivity index (χ3n) is 4.22. The third-order valence-corrected chi connectivity index (χ3v) is 5.38. The van der Waals surface area contributed by atoms with Crippen LogP contribution in [-0.2, 0) is 13.0 Å². The molecule has 110 valence electrons. The molecule has 1 unspecified atom stereocenters. The van der Waals surface area contributed by atoms with Crippen LogP contribution in [-0.4, -0.2) is 12.8 Å². The minimum Gasteiger partial charge on any atom is -0.316 e. The van der Waals surface area contributed by atoms with Crippen molar-refractivity contribution in [3.05, 3.63) is 65.2 Å². The van der Waals surface area contributed by atoms with Crippen molar-refractivity contribution >= 4 is 11.8 Å². The average molecular weight is 297 g/mol. The molecule has 0 radical (unpaired) electrons. The highest BCUT2D eigenvalue weighted by molar-refractivity contribution is 7.99. The van der Waals surface area contributed by atoms with Gasteiger partial charge in [0.15, 0.2) is 0 Å². The summed E-state index contributed by atoms with van der Waals surface area (Å²) in [5.41, 5.74) is 4.52. The van der Waals surface area contributed by atoms with Gasteiger partial charge in [-0.25, -0.2) is 0 Å².